The first-order chi connectivity index (χ1) is 7.96. The van der Waals surface area contributed by atoms with Gasteiger partial charge in [-0.15, -0.1) is 0 Å². The summed E-state index contributed by atoms with van der Waals surface area (Å²) in [7, 11) is 0. The Morgan fingerprint density at radius 1 is 1.35 bits per heavy atom. The summed E-state index contributed by atoms with van der Waals surface area (Å²) in [5, 5.41) is 0. The van der Waals surface area contributed by atoms with Gasteiger partial charge >= 0.3 is 0 Å². The van der Waals surface area contributed by atoms with Gasteiger partial charge in [-0.2, -0.15) is 0 Å². The molecule has 0 aromatic heterocycles. The zero-order chi connectivity index (χ0) is 13.3. The molecule has 0 aliphatic heterocycles. The number of carbonyl (C=O) groups is 1. The second-order valence-electron chi connectivity index (χ2n) is 5.01. The molecule has 0 rings (SSSR count). The molecule has 3 nitrogen and oxygen atoms in total. The van der Waals surface area contributed by atoms with Crippen molar-refractivity contribution in [3.05, 3.63) is 24.3 Å². The number of hydrogen-bond donors (Lipinski definition) is 1. The van der Waals surface area contributed by atoms with Crippen molar-refractivity contribution in [2.45, 2.75) is 34.1 Å². The highest BCUT2D eigenvalue weighted by molar-refractivity contribution is 5.87. The summed E-state index contributed by atoms with van der Waals surface area (Å²) in [6.07, 6.45) is 8.11. The molecule has 0 saturated heterocycles. The Labute approximate surface area is 105 Å². The number of carbonyl (C=O) groups excluding carboxylic acids is 1. The van der Waals surface area contributed by atoms with Gasteiger partial charge in [0, 0.05) is 19.2 Å². The molecule has 98 valence electrons. The van der Waals surface area contributed by atoms with Gasteiger partial charge in [0.25, 0.3) is 0 Å². The minimum Gasteiger partial charge on any atom is -0.339 e. The maximum atomic E-state index is 12.0. The fourth-order valence-corrected chi connectivity index (χ4v) is 1.47. The first kappa shape index (κ1) is 15.9. The van der Waals surface area contributed by atoms with Crippen molar-refractivity contribution >= 4 is 5.91 Å². The summed E-state index contributed by atoms with van der Waals surface area (Å²) in [5.41, 5.74) is 5.68. The van der Waals surface area contributed by atoms with Crippen LogP contribution in [0, 0.1) is 5.41 Å². The molecule has 0 bridgehead atoms. The van der Waals surface area contributed by atoms with Crippen molar-refractivity contribution in [2.75, 3.05) is 19.6 Å². The van der Waals surface area contributed by atoms with E-state index < -0.39 is 0 Å². The van der Waals surface area contributed by atoms with Crippen molar-refractivity contribution < 1.29 is 4.79 Å². The largest absolute Gasteiger partial charge is 0.339 e. The molecule has 0 spiro atoms. The first-order valence-corrected chi connectivity index (χ1v) is 6.25. The highest BCUT2D eigenvalue weighted by atomic mass is 16.2. The third-order valence-electron chi connectivity index (χ3n) is 2.52. The van der Waals surface area contributed by atoms with Crippen LogP contribution in [-0.2, 0) is 4.79 Å². The van der Waals surface area contributed by atoms with Gasteiger partial charge in [0.05, 0.1) is 0 Å². The lowest BCUT2D eigenvalue weighted by Crippen LogP contribution is -2.41. The number of amides is 1. The van der Waals surface area contributed by atoms with Crippen LogP contribution in [0.15, 0.2) is 24.3 Å². The van der Waals surface area contributed by atoms with Gasteiger partial charge in [-0.3, -0.25) is 4.79 Å². The Morgan fingerprint density at radius 2 is 2.00 bits per heavy atom. The molecule has 0 saturated carbocycles. The number of nitrogens with two attached hydrogens (primary N) is 1. The van der Waals surface area contributed by atoms with Gasteiger partial charge in [0.1, 0.15) is 0 Å². The van der Waals surface area contributed by atoms with Gasteiger partial charge < -0.3 is 10.6 Å². The molecule has 0 atom stereocenters. The molecule has 2 N–H and O–H groups in total. The van der Waals surface area contributed by atoms with Crippen molar-refractivity contribution in [1.29, 1.82) is 0 Å². The Hall–Kier alpha value is -1.09. The van der Waals surface area contributed by atoms with Gasteiger partial charge in [0.15, 0.2) is 0 Å². The number of nitrogens with zero attached hydrogens (tertiary/aromatic N) is 1. The standard InChI is InChI=1S/C14H26N2O/c1-5-7-8-9-13(17)16(10-6-2)12-14(3,4)11-15/h5,7-9H,6,10-12,15H2,1-4H3. The average Bonchev–Trinajstić information content (AvgIpc) is 2.28. The summed E-state index contributed by atoms with van der Waals surface area (Å²) in [6.45, 7) is 10.2. The zero-order valence-corrected chi connectivity index (χ0v) is 11.6. The van der Waals surface area contributed by atoms with E-state index in [4.69, 9.17) is 5.73 Å². The number of rotatable bonds is 7. The van der Waals surface area contributed by atoms with Crippen LogP contribution in [-0.4, -0.2) is 30.4 Å². The predicted molar refractivity (Wildman–Crippen MR) is 73.7 cm³/mol. The Bertz CT molecular complexity index is 280. The minimum absolute atomic E-state index is 0.0285. The van der Waals surface area contributed by atoms with E-state index in [1.165, 1.54) is 0 Å². The lowest BCUT2D eigenvalue weighted by Gasteiger charge is -2.31. The highest BCUT2D eigenvalue weighted by Crippen LogP contribution is 2.15. The third kappa shape index (κ3) is 6.95. The Morgan fingerprint density at radius 3 is 2.47 bits per heavy atom. The van der Waals surface area contributed by atoms with Gasteiger partial charge in [0.2, 0.25) is 5.91 Å². The molecule has 0 aromatic carbocycles. The SMILES string of the molecule is CC=CC=CC(=O)N(CCC)CC(C)(C)CN. The smallest absolute Gasteiger partial charge is 0.246 e. The van der Waals surface area contributed by atoms with E-state index in [9.17, 15) is 4.79 Å². The van der Waals surface area contributed by atoms with E-state index in [0.717, 1.165) is 13.0 Å². The highest BCUT2D eigenvalue weighted by Gasteiger charge is 2.21. The molecular weight excluding hydrogens is 212 g/mol. The molecular formula is C14H26N2O. The maximum absolute atomic E-state index is 12.0. The number of allylic oxidation sites excluding steroid dienone is 3. The fraction of sp³-hybridized carbons (Fsp3) is 0.643. The molecule has 0 fully saturated rings. The topological polar surface area (TPSA) is 46.3 Å². The predicted octanol–water partition coefficient (Wildman–Crippen LogP) is 2.34. The second-order valence-corrected chi connectivity index (χ2v) is 5.01. The molecule has 0 unspecified atom stereocenters. The van der Waals surface area contributed by atoms with E-state index in [0.29, 0.717) is 13.1 Å². The second kappa shape index (κ2) is 8.07. The monoisotopic (exact) mass is 238 g/mol. The van der Waals surface area contributed by atoms with Crippen molar-refractivity contribution in [3.63, 3.8) is 0 Å². The molecule has 0 aromatic rings. The van der Waals surface area contributed by atoms with Crippen molar-refractivity contribution in [2.24, 2.45) is 11.1 Å². The van der Waals surface area contributed by atoms with Gasteiger partial charge in [-0.25, -0.2) is 0 Å². The summed E-state index contributed by atoms with van der Waals surface area (Å²) >= 11 is 0. The van der Waals surface area contributed by atoms with E-state index in [1.807, 2.05) is 24.0 Å². The van der Waals surface area contributed by atoms with Crippen LogP contribution in [0.4, 0.5) is 0 Å². The fourth-order valence-electron chi connectivity index (χ4n) is 1.47. The molecule has 17 heavy (non-hydrogen) atoms. The Kier molecular flexibility index (Phi) is 7.55. The molecule has 0 aliphatic rings. The zero-order valence-electron chi connectivity index (χ0n) is 11.6. The van der Waals surface area contributed by atoms with Crippen LogP contribution >= 0.6 is 0 Å². The normalized spacial score (nSPS) is 12.5. The third-order valence-corrected chi connectivity index (χ3v) is 2.52. The average molecular weight is 238 g/mol. The van der Waals surface area contributed by atoms with E-state index >= 15 is 0 Å². The molecule has 1 amide bonds. The van der Waals surface area contributed by atoms with E-state index in [-0.39, 0.29) is 11.3 Å². The molecule has 0 heterocycles. The van der Waals surface area contributed by atoms with Crippen LogP contribution in [0.5, 0.6) is 0 Å². The quantitative estimate of drug-likeness (QED) is 0.546. The van der Waals surface area contributed by atoms with E-state index in [2.05, 4.69) is 20.8 Å². The molecule has 0 aliphatic carbocycles. The maximum Gasteiger partial charge on any atom is 0.246 e. The van der Waals surface area contributed by atoms with Crippen LogP contribution in [0.25, 0.3) is 0 Å². The lowest BCUT2D eigenvalue weighted by atomic mass is 9.93. The van der Waals surface area contributed by atoms with Crippen LogP contribution < -0.4 is 5.73 Å². The van der Waals surface area contributed by atoms with Crippen molar-refractivity contribution in [1.82, 2.24) is 4.90 Å². The summed E-state index contributed by atoms with van der Waals surface area (Å²) < 4.78 is 0. The Balaban J connectivity index is 4.56. The van der Waals surface area contributed by atoms with Crippen molar-refractivity contribution in [3.8, 4) is 0 Å². The van der Waals surface area contributed by atoms with Crippen LogP contribution in [0.1, 0.15) is 34.1 Å². The van der Waals surface area contributed by atoms with Crippen LogP contribution in [0.3, 0.4) is 0 Å². The molecule has 0 radical (unpaired) electrons. The van der Waals surface area contributed by atoms with E-state index in [1.54, 1.807) is 12.2 Å². The summed E-state index contributed by atoms with van der Waals surface area (Å²) in [6, 6.07) is 0. The minimum atomic E-state index is -0.0285. The summed E-state index contributed by atoms with van der Waals surface area (Å²) in [4.78, 5) is 13.8. The summed E-state index contributed by atoms with van der Waals surface area (Å²) in [5.74, 6) is 0.0616. The van der Waals surface area contributed by atoms with Gasteiger partial charge in [-0.05, 0) is 25.3 Å². The number of hydrogen-bond acceptors (Lipinski definition) is 2. The first-order valence-electron chi connectivity index (χ1n) is 6.25. The molecule has 3 heteroatoms. The lowest BCUT2D eigenvalue weighted by molar-refractivity contribution is -0.127. The van der Waals surface area contributed by atoms with Gasteiger partial charge in [-0.1, -0.05) is 39.0 Å². The van der Waals surface area contributed by atoms with Crippen LogP contribution in [0.2, 0.25) is 0 Å².